The van der Waals surface area contributed by atoms with Crippen LogP contribution in [0.2, 0.25) is 0 Å². The van der Waals surface area contributed by atoms with Crippen LogP contribution in [0.1, 0.15) is 30.2 Å². The Morgan fingerprint density at radius 2 is 2.09 bits per heavy atom. The molecule has 7 heteroatoms. The number of nitrogens with zero attached hydrogens (tertiary/aromatic N) is 3. The van der Waals surface area contributed by atoms with Crippen LogP contribution in [0.15, 0.2) is 4.42 Å². The summed E-state index contributed by atoms with van der Waals surface area (Å²) in [7, 11) is 0. The van der Waals surface area contributed by atoms with Crippen LogP contribution < -0.4 is 5.32 Å². The Balaban J connectivity index is 1.52. The monoisotopic (exact) mass is 322 g/mol. The molecule has 0 aromatic carbocycles. The minimum atomic E-state index is -1.22. The number of oxazole rings is 1. The van der Waals surface area contributed by atoms with Crippen molar-refractivity contribution in [1.29, 1.82) is 0 Å². The number of piperidine rings is 1. The van der Waals surface area contributed by atoms with Crippen molar-refractivity contribution in [3.63, 3.8) is 0 Å². The van der Waals surface area contributed by atoms with E-state index >= 15 is 0 Å². The number of amides is 1. The maximum absolute atomic E-state index is 12.6. The second-order valence-corrected chi connectivity index (χ2v) is 6.63. The minimum absolute atomic E-state index is 0.132. The molecule has 3 rings (SSSR count). The zero-order chi connectivity index (χ0) is 16.4. The highest BCUT2D eigenvalue weighted by molar-refractivity contribution is 5.85. The molecule has 0 spiro atoms. The average Bonchev–Trinajstić information content (AvgIpc) is 2.86. The number of carbonyl (C=O) groups is 1. The zero-order valence-corrected chi connectivity index (χ0v) is 14.0. The molecule has 1 aromatic rings. The van der Waals surface area contributed by atoms with E-state index in [0.29, 0.717) is 32.6 Å². The Labute approximate surface area is 136 Å². The van der Waals surface area contributed by atoms with Gasteiger partial charge in [-0.15, -0.1) is 0 Å². The molecule has 0 radical (unpaired) electrons. The van der Waals surface area contributed by atoms with Gasteiger partial charge in [0, 0.05) is 32.7 Å². The molecule has 0 aliphatic carbocycles. The van der Waals surface area contributed by atoms with Gasteiger partial charge in [-0.25, -0.2) is 4.98 Å². The lowest BCUT2D eigenvalue weighted by Crippen LogP contribution is -2.60. The molecular weight excluding hydrogens is 296 g/mol. The van der Waals surface area contributed by atoms with Crippen molar-refractivity contribution in [3.8, 4) is 0 Å². The van der Waals surface area contributed by atoms with E-state index < -0.39 is 5.60 Å². The summed E-state index contributed by atoms with van der Waals surface area (Å²) < 4.78 is 5.62. The highest BCUT2D eigenvalue weighted by Crippen LogP contribution is 2.20. The third-order valence-corrected chi connectivity index (χ3v) is 4.85. The van der Waals surface area contributed by atoms with Gasteiger partial charge in [0.2, 0.25) is 5.89 Å². The van der Waals surface area contributed by atoms with Crippen LogP contribution in [-0.4, -0.2) is 70.7 Å². The van der Waals surface area contributed by atoms with Gasteiger partial charge in [0.15, 0.2) is 5.60 Å². The Morgan fingerprint density at radius 1 is 1.35 bits per heavy atom. The van der Waals surface area contributed by atoms with Crippen molar-refractivity contribution >= 4 is 5.91 Å². The first-order valence-corrected chi connectivity index (χ1v) is 8.36. The number of hydrogen-bond donors (Lipinski definition) is 2. The fourth-order valence-corrected chi connectivity index (χ4v) is 3.27. The molecule has 23 heavy (non-hydrogen) atoms. The molecular formula is C16H26N4O3. The van der Waals surface area contributed by atoms with E-state index in [9.17, 15) is 9.90 Å². The first-order chi connectivity index (χ1) is 11.0. The van der Waals surface area contributed by atoms with Gasteiger partial charge in [-0.05, 0) is 33.2 Å². The number of nitrogens with one attached hydrogen (secondary N) is 1. The second kappa shape index (κ2) is 6.59. The molecule has 2 fully saturated rings. The summed E-state index contributed by atoms with van der Waals surface area (Å²) in [5.74, 6) is 1.46. The van der Waals surface area contributed by atoms with Gasteiger partial charge in [0.25, 0.3) is 5.91 Å². The van der Waals surface area contributed by atoms with Crippen molar-refractivity contribution in [2.75, 3.05) is 39.3 Å². The molecule has 0 bridgehead atoms. The van der Waals surface area contributed by atoms with Crippen molar-refractivity contribution < 1.29 is 14.3 Å². The van der Waals surface area contributed by atoms with Crippen LogP contribution in [0.5, 0.6) is 0 Å². The second-order valence-electron chi connectivity index (χ2n) is 6.63. The van der Waals surface area contributed by atoms with Crippen LogP contribution in [0.25, 0.3) is 0 Å². The molecule has 1 unspecified atom stereocenters. The zero-order valence-electron chi connectivity index (χ0n) is 14.0. The Hall–Kier alpha value is -1.44. The molecule has 3 heterocycles. The number of aryl methyl sites for hydroxylation is 2. The highest BCUT2D eigenvalue weighted by Gasteiger charge is 2.40. The SMILES string of the molecule is Cc1nc(CN2CCN(C(=O)C3(O)CCCNC3)CC2)oc1C. The van der Waals surface area contributed by atoms with Gasteiger partial charge in [-0.2, -0.15) is 0 Å². The van der Waals surface area contributed by atoms with E-state index in [1.54, 1.807) is 4.90 Å². The predicted molar refractivity (Wildman–Crippen MR) is 84.9 cm³/mol. The number of hydrogen-bond acceptors (Lipinski definition) is 6. The molecule has 0 saturated carbocycles. The molecule has 2 N–H and O–H groups in total. The maximum Gasteiger partial charge on any atom is 0.255 e. The smallest absolute Gasteiger partial charge is 0.255 e. The van der Waals surface area contributed by atoms with Gasteiger partial charge in [-0.3, -0.25) is 9.69 Å². The number of β-amino-alcohol motifs (C(OH)–C–C–N with tert-alkyl or cyclic N) is 1. The van der Waals surface area contributed by atoms with Gasteiger partial charge in [0.05, 0.1) is 12.2 Å². The van der Waals surface area contributed by atoms with Crippen LogP contribution in [0, 0.1) is 13.8 Å². The van der Waals surface area contributed by atoms with Crippen molar-refractivity contribution in [1.82, 2.24) is 20.1 Å². The van der Waals surface area contributed by atoms with Gasteiger partial charge in [-0.1, -0.05) is 0 Å². The summed E-state index contributed by atoms with van der Waals surface area (Å²) in [6.07, 6.45) is 1.39. The van der Waals surface area contributed by atoms with E-state index in [1.807, 2.05) is 13.8 Å². The van der Waals surface area contributed by atoms with E-state index in [0.717, 1.165) is 43.4 Å². The summed E-state index contributed by atoms with van der Waals surface area (Å²) in [6.45, 7) is 8.59. The maximum atomic E-state index is 12.6. The number of rotatable bonds is 3. The Kier molecular flexibility index (Phi) is 4.70. The van der Waals surface area contributed by atoms with Gasteiger partial charge < -0.3 is 19.7 Å². The fraction of sp³-hybridized carbons (Fsp3) is 0.750. The molecule has 1 atom stereocenters. The topological polar surface area (TPSA) is 81.8 Å². The summed E-state index contributed by atoms with van der Waals surface area (Å²) >= 11 is 0. The molecule has 2 aliphatic rings. The summed E-state index contributed by atoms with van der Waals surface area (Å²) in [5.41, 5.74) is -0.294. The standard InChI is InChI=1S/C16H26N4O3/c1-12-13(2)23-14(18-12)10-19-6-8-20(9-7-19)15(21)16(22)4-3-5-17-11-16/h17,22H,3-11H2,1-2H3. The molecule has 128 valence electrons. The lowest BCUT2D eigenvalue weighted by molar-refractivity contribution is -0.155. The normalized spacial score (nSPS) is 26.5. The summed E-state index contributed by atoms with van der Waals surface area (Å²) in [5, 5.41) is 13.6. The minimum Gasteiger partial charge on any atom is -0.444 e. The number of aliphatic hydroxyl groups is 1. The van der Waals surface area contributed by atoms with Crippen LogP contribution in [-0.2, 0) is 11.3 Å². The molecule has 7 nitrogen and oxygen atoms in total. The molecule has 1 aromatic heterocycles. The number of piperazine rings is 1. The fourth-order valence-electron chi connectivity index (χ4n) is 3.27. The van der Waals surface area contributed by atoms with Crippen LogP contribution in [0.3, 0.4) is 0 Å². The largest absolute Gasteiger partial charge is 0.444 e. The quantitative estimate of drug-likeness (QED) is 0.818. The predicted octanol–water partition coefficient (Wildman–Crippen LogP) is 0.0501. The molecule has 2 aliphatic heterocycles. The summed E-state index contributed by atoms with van der Waals surface area (Å²) in [4.78, 5) is 21.0. The number of aromatic nitrogens is 1. The first-order valence-electron chi connectivity index (χ1n) is 8.36. The lowest BCUT2D eigenvalue weighted by atomic mass is 9.92. The van der Waals surface area contributed by atoms with Gasteiger partial charge >= 0.3 is 0 Å². The Bertz CT molecular complexity index is 538. The van der Waals surface area contributed by atoms with Crippen molar-refractivity contribution in [2.24, 2.45) is 0 Å². The van der Waals surface area contributed by atoms with Crippen molar-refractivity contribution in [2.45, 2.75) is 38.8 Å². The van der Waals surface area contributed by atoms with E-state index in [-0.39, 0.29) is 5.91 Å². The van der Waals surface area contributed by atoms with Crippen LogP contribution in [0.4, 0.5) is 0 Å². The van der Waals surface area contributed by atoms with Crippen molar-refractivity contribution in [3.05, 3.63) is 17.3 Å². The number of carbonyl (C=O) groups excluding carboxylic acids is 1. The third-order valence-electron chi connectivity index (χ3n) is 4.85. The Morgan fingerprint density at radius 3 is 2.65 bits per heavy atom. The molecule has 1 amide bonds. The van der Waals surface area contributed by atoms with Crippen LogP contribution >= 0.6 is 0 Å². The summed E-state index contributed by atoms with van der Waals surface area (Å²) in [6, 6.07) is 0. The lowest BCUT2D eigenvalue weighted by Gasteiger charge is -2.40. The molecule has 2 saturated heterocycles. The van der Waals surface area contributed by atoms with E-state index in [4.69, 9.17) is 4.42 Å². The van der Waals surface area contributed by atoms with Gasteiger partial charge in [0.1, 0.15) is 5.76 Å². The average molecular weight is 322 g/mol. The highest BCUT2D eigenvalue weighted by atomic mass is 16.4. The van der Waals surface area contributed by atoms with E-state index in [1.165, 1.54) is 0 Å². The van der Waals surface area contributed by atoms with E-state index in [2.05, 4.69) is 15.2 Å². The third kappa shape index (κ3) is 3.57. The first kappa shape index (κ1) is 16.4.